The fraction of sp³-hybridized carbons (Fsp3) is 0. The first-order valence-electron chi connectivity index (χ1n) is 18.7. The monoisotopic (exact) mass is 716 g/mol. The Bertz CT molecular complexity index is 3160. The minimum absolute atomic E-state index is 0.599. The average Bonchev–Trinajstić information content (AvgIpc) is 3.79. The summed E-state index contributed by atoms with van der Waals surface area (Å²) in [6.45, 7) is 0. The molecule has 0 radical (unpaired) electrons. The van der Waals surface area contributed by atoms with E-state index in [1.807, 2.05) is 67.0 Å². The maximum Gasteiger partial charge on any atom is 0.234 e. The van der Waals surface area contributed by atoms with Gasteiger partial charge in [-0.15, -0.1) is 0 Å². The zero-order valence-electron chi connectivity index (χ0n) is 30.2. The first kappa shape index (κ1) is 31.8. The number of benzene rings is 7. The van der Waals surface area contributed by atoms with Crippen LogP contribution in [0.25, 0.3) is 100 Å². The molecule has 6 heteroatoms. The van der Waals surface area contributed by atoms with Gasteiger partial charge < -0.3 is 4.57 Å². The van der Waals surface area contributed by atoms with Crippen LogP contribution in [0.1, 0.15) is 0 Å². The number of fused-ring (bicyclic) bond motifs is 6. The Morgan fingerprint density at radius 2 is 0.839 bits per heavy atom. The predicted molar refractivity (Wildman–Crippen MR) is 228 cm³/mol. The highest BCUT2D eigenvalue weighted by Gasteiger charge is 2.18. The molecule has 0 spiro atoms. The van der Waals surface area contributed by atoms with Crippen molar-refractivity contribution < 1.29 is 0 Å². The number of hydrogen-bond acceptors (Lipinski definition) is 4. The van der Waals surface area contributed by atoms with Gasteiger partial charge in [0.2, 0.25) is 5.95 Å². The van der Waals surface area contributed by atoms with Crippen LogP contribution in [0.5, 0.6) is 0 Å². The standard InChI is InChI=1S/C50H32N6/c1-4-14-33(15-5-1)43-30-44(54-49(53-43)34-16-6-2-7-17-34)37-31-51-50(52-32-37)56-46-23-13-11-21-40(46)42-28-35(25-27-47(42)56)36-24-26-41-39-20-10-12-22-45(39)55(48(41)29-36)38-18-8-3-9-19-38/h1-32H. The molecule has 56 heavy (non-hydrogen) atoms. The van der Waals surface area contributed by atoms with Gasteiger partial charge in [0.05, 0.1) is 33.5 Å². The molecular formula is C50H32N6. The molecule has 0 aliphatic carbocycles. The molecule has 7 aromatic carbocycles. The van der Waals surface area contributed by atoms with Gasteiger partial charge in [-0.3, -0.25) is 4.57 Å². The third kappa shape index (κ3) is 5.27. The molecule has 0 N–H and O–H groups in total. The molecule has 11 rings (SSSR count). The van der Waals surface area contributed by atoms with E-state index in [1.165, 1.54) is 21.8 Å². The van der Waals surface area contributed by atoms with Gasteiger partial charge in [0.25, 0.3) is 0 Å². The molecule has 0 amide bonds. The van der Waals surface area contributed by atoms with E-state index >= 15 is 0 Å². The molecule has 0 saturated carbocycles. The predicted octanol–water partition coefficient (Wildman–Crippen LogP) is 12.1. The summed E-state index contributed by atoms with van der Waals surface area (Å²) in [5, 5.41) is 4.77. The fourth-order valence-corrected chi connectivity index (χ4v) is 8.01. The molecule has 11 aromatic rings. The van der Waals surface area contributed by atoms with Crippen LogP contribution >= 0.6 is 0 Å². The number of nitrogens with zero attached hydrogens (tertiary/aromatic N) is 6. The number of rotatable bonds is 6. The second-order valence-corrected chi connectivity index (χ2v) is 14.0. The zero-order chi connectivity index (χ0) is 37.0. The molecule has 4 heterocycles. The second-order valence-electron chi connectivity index (χ2n) is 14.0. The number of hydrogen-bond donors (Lipinski definition) is 0. The minimum atomic E-state index is 0.599. The highest BCUT2D eigenvalue weighted by molar-refractivity contribution is 6.12. The van der Waals surface area contributed by atoms with Crippen LogP contribution in [0.2, 0.25) is 0 Å². The van der Waals surface area contributed by atoms with E-state index in [4.69, 9.17) is 19.9 Å². The van der Waals surface area contributed by atoms with Crippen LogP contribution in [0.15, 0.2) is 194 Å². The van der Waals surface area contributed by atoms with Crippen molar-refractivity contribution in [2.75, 3.05) is 0 Å². The summed E-state index contributed by atoms with van der Waals surface area (Å²) < 4.78 is 4.52. The molecule has 0 aliphatic heterocycles. The Morgan fingerprint density at radius 1 is 0.321 bits per heavy atom. The Morgan fingerprint density at radius 3 is 1.55 bits per heavy atom. The smallest absolute Gasteiger partial charge is 0.234 e. The summed E-state index contributed by atoms with van der Waals surface area (Å²) in [5.41, 5.74) is 12.3. The summed E-state index contributed by atoms with van der Waals surface area (Å²) in [6.07, 6.45) is 3.73. The van der Waals surface area contributed by atoms with Crippen molar-refractivity contribution in [1.29, 1.82) is 0 Å². The Labute approximate surface area is 322 Å². The van der Waals surface area contributed by atoms with Gasteiger partial charge in [-0.1, -0.05) is 133 Å². The largest absolute Gasteiger partial charge is 0.309 e. The molecule has 0 unspecified atom stereocenters. The molecule has 6 nitrogen and oxygen atoms in total. The zero-order valence-corrected chi connectivity index (χ0v) is 30.2. The molecule has 0 fully saturated rings. The lowest BCUT2D eigenvalue weighted by molar-refractivity contribution is 0.988. The van der Waals surface area contributed by atoms with Gasteiger partial charge in [-0.25, -0.2) is 19.9 Å². The summed E-state index contributed by atoms with van der Waals surface area (Å²) in [4.78, 5) is 19.9. The van der Waals surface area contributed by atoms with Crippen LogP contribution in [0.4, 0.5) is 0 Å². The molecule has 0 bridgehead atoms. The molecule has 0 aliphatic rings. The molecule has 0 atom stereocenters. The van der Waals surface area contributed by atoms with E-state index in [9.17, 15) is 0 Å². The van der Waals surface area contributed by atoms with E-state index in [1.54, 1.807) is 0 Å². The Kier molecular flexibility index (Phi) is 7.38. The number of para-hydroxylation sites is 3. The fourth-order valence-electron chi connectivity index (χ4n) is 8.01. The van der Waals surface area contributed by atoms with Crippen LogP contribution in [-0.4, -0.2) is 29.1 Å². The Balaban J connectivity index is 1.02. The van der Waals surface area contributed by atoms with E-state index in [0.717, 1.165) is 66.7 Å². The summed E-state index contributed by atoms with van der Waals surface area (Å²) in [7, 11) is 0. The third-order valence-corrected chi connectivity index (χ3v) is 10.7. The van der Waals surface area contributed by atoms with E-state index in [2.05, 4.69) is 137 Å². The number of aromatic nitrogens is 6. The van der Waals surface area contributed by atoms with Gasteiger partial charge in [0.15, 0.2) is 5.82 Å². The molecule has 262 valence electrons. The van der Waals surface area contributed by atoms with Gasteiger partial charge in [-0.2, -0.15) is 0 Å². The van der Waals surface area contributed by atoms with Crippen molar-refractivity contribution in [2.45, 2.75) is 0 Å². The topological polar surface area (TPSA) is 61.4 Å². The van der Waals surface area contributed by atoms with Gasteiger partial charge in [0.1, 0.15) is 0 Å². The summed E-state index contributed by atoms with van der Waals surface area (Å²) in [5.74, 6) is 1.26. The lowest BCUT2D eigenvalue weighted by Gasteiger charge is -2.10. The molecular weight excluding hydrogens is 685 g/mol. The Hall–Kier alpha value is -7.70. The van der Waals surface area contributed by atoms with Gasteiger partial charge in [-0.05, 0) is 59.7 Å². The molecule has 0 saturated heterocycles. The summed E-state index contributed by atoms with van der Waals surface area (Å²) in [6, 6.07) is 63.5. The maximum absolute atomic E-state index is 4.98. The van der Waals surface area contributed by atoms with Crippen molar-refractivity contribution >= 4 is 43.6 Å². The van der Waals surface area contributed by atoms with Crippen molar-refractivity contribution in [2.24, 2.45) is 0 Å². The lowest BCUT2D eigenvalue weighted by atomic mass is 10.0. The summed E-state index contributed by atoms with van der Waals surface area (Å²) >= 11 is 0. The van der Waals surface area contributed by atoms with Crippen LogP contribution < -0.4 is 0 Å². The van der Waals surface area contributed by atoms with Gasteiger partial charge in [0, 0.05) is 56.3 Å². The van der Waals surface area contributed by atoms with Crippen molar-refractivity contribution in [3.63, 3.8) is 0 Å². The maximum atomic E-state index is 4.98. The molecule has 4 aromatic heterocycles. The van der Waals surface area contributed by atoms with Crippen LogP contribution in [0, 0.1) is 0 Å². The van der Waals surface area contributed by atoms with E-state index in [-0.39, 0.29) is 0 Å². The normalized spacial score (nSPS) is 11.6. The highest BCUT2D eigenvalue weighted by Crippen LogP contribution is 2.38. The van der Waals surface area contributed by atoms with Gasteiger partial charge >= 0.3 is 0 Å². The van der Waals surface area contributed by atoms with E-state index in [0.29, 0.717) is 11.8 Å². The van der Waals surface area contributed by atoms with Crippen molar-refractivity contribution in [3.05, 3.63) is 194 Å². The SMILES string of the molecule is c1ccc(-c2cc(-c3cnc(-n4c5ccccc5c5cc(-c6ccc7c8ccccc8n(-c8ccccc8)c7c6)ccc54)nc3)nc(-c3ccccc3)n2)cc1. The highest BCUT2D eigenvalue weighted by atomic mass is 15.1. The minimum Gasteiger partial charge on any atom is -0.309 e. The lowest BCUT2D eigenvalue weighted by Crippen LogP contribution is -2.02. The van der Waals surface area contributed by atoms with E-state index < -0.39 is 0 Å². The first-order valence-corrected chi connectivity index (χ1v) is 18.7. The van der Waals surface area contributed by atoms with Crippen LogP contribution in [0.3, 0.4) is 0 Å². The average molecular weight is 717 g/mol. The second kappa shape index (κ2) is 13.0. The first-order chi connectivity index (χ1) is 27.8. The van der Waals surface area contributed by atoms with Crippen molar-refractivity contribution in [3.8, 4) is 56.7 Å². The third-order valence-electron chi connectivity index (χ3n) is 10.7. The van der Waals surface area contributed by atoms with Crippen LogP contribution in [-0.2, 0) is 0 Å². The quantitative estimate of drug-likeness (QED) is 0.172. The van der Waals surface area contributed by atoms with Crippen molar-refractivity contribution in [1.82, 2.24) is 29.1 Å².